The van der Waals surface area contributed by atoms with E-state index >= 15 is 0 Å². The lowest BCUT2D eigenvalue weighted by Gasteiger charge is -2.35. The summed E-state index contributed by atoms with van der Waals surface area (Å²) >= 11 is 0. The number of ether oxygens (including phenoxy) is 1. The molecule has 1 saturated heterocycles. The summed E-state index contributed by atoms with van der Waals surface area (Å²) in [5.41, 5.74) is -0.177. The van der Waals surface area contributed by atoms with E-state index in [4.69, 9.17) is 4.74 Å². The zero-order chi connectivity index (χ0) is 15.4. The highest BCUT2D eigenvalue weighted by atomic mass is 16.5. The van der Waals surface area contributed by atoms with Crippen LogP contribution >= 0.6 is 0 Å². The summed E-state index contributed by atoms with van der Waals surface area (Å²) in [6.07, 6.45) is 3.26. The lowest BCUT2D eigenvalue weighted by molar-refractivity contribution is -0.144. The number of aromatic nitrogens is 2. The van der Waals surface area contributed by atoms with Crippen molar-refractivity contribution >= 4 is 11.8 Å². The van der Waals surface area contributed by atoms with Crippen molar-refractivity contribution in [3.05, 3.63) is 22.7 Å². The molecule has 7 nitrogen and oxygen atoms in total. The Balaban J connectivity index is 2.36. The highest BCUT2D eigenvalue weighted by molar-refractivity contribution is 5.80. The molecule has 2 heterocycles. The molecule has 2 rings (SSSR count). The third kappa shape index (κ3) is 3.24. The van der Waals surface area contributed by atoms with Gasteiger partial charge in [0.1, 0.15) is 6.04 Å². The molecule has 0 radical (unpaired) electrons. The van der Waals surface area contributed by atoms with Crippen LogP contribution in [0.15, 0.2) is 17.2 Å². The van der Waals surface area contributed by atoms with Crippen LogP contribution in [0.3, 0.4) is 0 Å². The summed E-state index contributed by atoms with van der Waals surface area (Å²) in [4.78, 5) is 30.5. The summed E-state index contributed by atoms with van der Waals surface area (Å²) in [7, 11) is 0. The molecule has 0 amide bonds. The van der Waals surface area contributed by atoms with Crippen molar-refractivity contribution in [3.8, 4) is 0 Å². The van der Waals surface area contributed by atoms with Gasteiger partial charge in [-0.3, -0.25) is 4.79 Å². The van der Waals surface area contributed by atoms with Crippen LogP contribution in [0.5, 0.6) is 0 Å². The minimum atomic E-state index is -0.512. The van der Waals surface area contributed by atoms with E-state index in [-0.39, 0.29) is 17.6 Å². The summed E-state index contributed by atoms with van der Waals surface area (Å²) in [6, 6.07) is -0.467. The Morgan fingerprint density at radius 2 is 2.33 bits per heavy atom. The van der Waals surface area contributed by atoms with E-state index < -0.39 is 6.04 Å². The van der Waals surface area contributed by atoms with Gasteiger partial charge in [0.05, 0.1) is 6.61 Å². The van der Waals surface area contributed by atoms with E-state index in [1.807, 2.05) is 13.8 Å². The van der Waals surface area contributed by atoms with Crippen LogP contribution in [0.4, 0.5) is 5.82 Å². The molecule has 0 spiro atoms. The Morgan fingerprint density at radius 3 is 3.00 bits per heavy atom. The van der Waals surface area contributed by atoms with E-state index in [2.05, 4.69) is 10.3 Å². The number of carbonyl (C=O) groups is 1. The van der Waals surface area contributed by atoms with E-state index in [0.717, 1.165) is 0 Å². The Hall–Kier alpha value is -1.89. The summed E-state index contributed by atoms with van der Waals surface area (Å²) in [5.74, 6) is -0.0170. The second kappa shape index (κ2) is 6.71. The summed E-state index contributed by atoms with van der Waals surface area (Å²) < 4.78 is 6.71. The van der Waals surface area contributed by atoms with E-state index in [1.54, 1.807) is 28.8 Å². The van der Waals surface area contributed by atoms with Crippen LogP contribution in [-0.2, 0) is 9.53 Å². The van der Waals surface area contributed by atoms with Crippen molar-refractivity contribution in [2.45, 2.75) is 32.9 Å². The van der Waals surface area contributed by atoms with Gasteiger partial charge in [-0.15, -0.1) is 0 Å². The number of hydrogen-bond donors (Lipinski definition) is 1. The fourth-order valence-corrected chi connectivity index (χ4v) is 2.42. The molecule has 1 aliphatic rings. The minimum absolute atomic E-state index is 0.0446. The number of nitrogens with zero attached hydrogens (tertiary/aromatic N) is 3. The lowest BCUT2D eigenvalue weighted by Crippen LogP contribution is -2.57. The number of rotatable bonds is 4. The quantitative estimate of drug-likeness (QED) is 0.798. The second-order valence-corrected chi connectivity index (χ2v) is 5.22. The lowest BCUT2D eigenvalue weighted by atomic mass is 10.2. The first kappa shape index (κ1) is 15.5. The van der Waals surface area contributed by atoms with Gasteiger partial charge in [0.15, 0.2) is 5.82 Å². The smallest absolute Gasteiger partial charge is 0.330 e. The Kier molecular flexibility index (Phi) is 4.95. The molecule has 7 heteroatoms. The second-order valence-electron chi connectivity index (χ2n) is 5.22. The largest absolute Gasteiger partial charge is 0.464 e. The van der Waals surface area contributed by atoms with Crippen molar-refractivity contribution in [2.24, 2.45) is 0 Å². The molecule has 116 valence electrons. The van der Waals surface area contributed by atoms with Crippen LogP contribution in [-0.4, -0.2) is 47.8 Å². The molecule has 21 heavy (non-hydrogen) atoms. The zero-order valence-electron chi connectivity index (χ0n) is 12.7. The van der Waals surface area contributed by atoms with Gasteiger partial charge in [-0.2, -0.15) is 0 Å². The molecule has 0 aromatic carbocycles. The number of hydrogen-bond acceptors (Lipinski definition) is 6. The number of piperazine rings is 1. The van der Waals surface area contributed by atoms with Gasteiger partial charge in [0.25, 0.3) is 5.56 Å². The molecule has 1 unspecified atom stereocenters. The zero-order valence-corrected chi connectivity index (χ0v) is 12.7. The molecular weight excluding hydrogens is 272 g/mol. The number of nitrogens with one attached hydrogen (secondary N) is 1. The number of esters is 1. The van der Waals surface area contributed by atoms with Crippen molar-refractivity contribution in [1.29, 1.82) is 0 Å². The van der Waals surface area contributed by atoms with Gasteiger partial charge in [0, 0.05) is 38.1 Å². The number of anilines is 1. The molecule has 1 atom stereocenters. The fourth-order valence-electron chi connectivity index (χ4n) is 2.42. The van der Waals surface area contributed by atoms with Crippen LogP contribution in [0.1, 0.15) is 26.8 Å². The van der Waals surface area contributed by atoms with Crippen molar-refractivity contribution in [1.82, 2.24) is 14.9 Å². The minimum Gasteiger partial charge on any atom is -0.464 e. The van der Waals surface area contributed by atoms with Gasteiger partial charge in [-0.1, -0.05) is 0 Å². The highest BCUT2D eigenvalue weighted by Gasteiger charge is 2.32. The van der Waals surface area contributed by atoms with Crippen LogP contribution in [0.25, 0.3) is 0 Å². The van der Waals surface area contributed by atoms with Crippen molar-refractivity contribution in [3.63, 3.8) is 0 Å². The molecule has 1 N–H and O–H groups in total. The first-order chi connectivity index (χ1) is 10.1. The van der Waals surface area contributed by atoms with E-state index in [0.29, 0.717) is 32.1 Å². The number of carbonyl (C=O) groups excluding carboxylic acids is 1. The molecule has 1 aliphatic heterocycles. The van der Waals surface area contributed by atoms with Crippen LogP contribution < -0.4 is 15.8 Å². The molecule has 1 fully saturated rings. The molecule has 0 aliphatic carbocycles. The first-order valence-corrected chi connectivity index (χ1v) is 7.27. The van der Waals surface area contributed by atoms with Gasteiger partial charge in [-0.05, 0) is 20.8 Å². The third-order valence-electron chi connectivity index (χ3n) is 3.48. The average Bonchev–Trinajstić information content (AvgIpc) is 2.47. The maximum Gasteiger partial charge on any atom is 0.330 e. The van der Waals surface area contributed by atoms with Gasteiger partial charge < -0.3 is 19.5 Å². The maximum atomic E-state index is 12.5. The maximum absolute atomic E-state index is 12.5. The Bertz CT molecular complexity index is 555. The fraction of sp³-hybridized carbons (Fsp3) is 0.643. The van der Waals surface area contributed by atoms with E-state index in [9.17, 15) is 9.59 Å². The van der Waals surface area contributed by atoms with Crippen molar-refractivity contribution < 1.29 is 9.53 Å². The van der Waals surface area contributed by atoms with Gasteiger partial charge >= 0.3 is 5.97 Å². The molecule has 0 bridgehead atoms. The predicted molar refractivity (Wildman–Crippen MR) is 79.5 cm³/mol. The third-order valence-corrected chi connectivity index (χ3v) is 3.48. The highest BCUT2D eigenvalue weighted by Crippen LogP contribution is 2.13. The topological polar surface area (TPSA) is 76.5 Å². The summed E-state index contributed by atoms with van der Waals surface area (Å²) in [6.45, 7) is 7.67. The predicted octanol–water partition coefficient (Wildman–Crippen LogP) is 0.166. The monoisotopic (exact) mass is 294 g/mol. The Morgan fingerprint density at radius 1 is 1.57 bits per heavy atom. The Labute approximate surface area is 123 Å². The van der Waals surface area contributed by atoms with Crippen LogP contribution in [0, 0.1) is 0 Å². The van der Waals surface area contributed by atoms with Gasteiger partial charge in [-0.25, -0.2) is 9.78 Å². The molecule has 0 saturated carbocycles. The van der Waals surface area contributed by atoms with Crippen molar-refractivity contribution in [2.75, 3.05) is 31.1 Å². The van der Waals surface area contributed by atoms with E-state index in [1.165, 1.54) is 0 Å². The average molecular weight is 294 g/mol. The standard InChI is InChI=1S/C14H22N4O3/c1-4-21-14(20)11-9-15-5-7-18(11)12-13(19)17(10(2)3)8-6-16-12/h6,8,10-11,15H,4-5,7,9H2,1-3H3. The summed E-state index contributed by atoms with van der Waals surface area (Å²) in [5, 5.41) is 3.15. The SMILES string of the molecule is CCOC(=O)C1CNCCN1c1nccn(C(C)C)c1=O. The molecule has 1 aromatic heterocycles. The van der Waals surface area contributed by atoms with Crippen LogP contribution in [0.2, 0.25) is 0 Å². The normalized spacial score (nSPS) is 18.9. The molecule has 1 aromatic rings. The first-order valence-electron chi connectivity index (χ1n) is 7.27. The van der Waals surface area contributed by atoms with Gasteiger partial charge in [0.2, 0.25) is 0 Å². The molecular formula is C14H22N4O3.